The molecule has 4 nitrogen and oxygen atoms in total. The van der Waals surface area contributed by atoms with E-state index < -0.39 is 0 Å². The second-order valence-corrected chi connectivity index (χ2v) is 6.98. The summed E-state index contributed by atoms with van der Waals surface area (Å²) in [7, 11) is 0. The molecule has 0 bridgehead atoms. The standard InChI is InChI=1S/C18H25ClN2O2/c1-14-12-15(2-3-17(14)19)13-20-6-4-16(5-7-20)18(22)21-8-10-23-11-9-21/h2-3,12,16H,4-11,13H2,1H3. The molecular formula is C18H25ClN2O2. The number of halogens is 1. The van der Waals surface area contributed by atoms with Gasteiger partial charge >= 0.3 is 0 Å². The summed E-state index contributed by atoms with van der Waals surface area (Å²) in [6, 6.07) is 6.23. The van der Waals surface area contributed by atoms with E-state index in [1.165, 1.54) is 5.56 Å². The van der Waals surface area contributed by atoms with E-state index in [1.54, 1.807) is 0 Å². The number of benzene rings is 1. The Balaban J connectivity index is 1.49. The summed E-state index contributed by atoms with van der Waals surface area (Å²) in [5, 5.41) is 0.823. The van der Waals surface area contributed by atoms with Crippen LogP contribution in [0.4, 0.5) is 0 Å². The summed E-state index contributed by atoms with van der Waals surface area (Å²) in [5.74, 6) is 0.520. The number of morpholine rings is 1. The van der Waals surface area contributed by atoms with Crippen LogP contribution in [0.15, 0.2) is 18.2 Å². The molecule has 126 valence electrons. The van der Waals surface area contributed by atoms with E-state index in [4.69, 9.17) is 16.3 Å². The van der Waals surface area contributed by atoms with Crippen LogP contribution in [0.2, 0.25) is 5.02 Å². The molecule has 1 amide bonds. The summed E-state index contributed by atoms with van der Waals surface area (Å²) < 4.78 is 5.33. The first kappa shape index (κ1) is 16.7. The normalized spacial score (nSPS) is 20.7. The number of likely N-dealkylation sites (tertiary alicyclic amines) is 1. The number of carbonyl (C=O) groups is 1. The van der Waals surface area contributed by atoms with E-state index in [0.717, 1.165) is 56.2 Å². The second-order valence-electron chi connectivity index (χ2n) is 6.57. The summed E-state index contributed by atoms with van der Waals surface area (Å²) in [6.07, 6.45) is 1.92. The van der Waals surface area contributed by atoms with Crippen molar-refractivity contribution in [1.29, 1.82) is 0 Å². The van der Waals surface area contributed by atoms with Gasteiger partial charge in [0.1, 0.15) is 0 Å². The summed E-state index contributed by atoms with van der Waals surface area (Å²) >= 11 is 6.09. The van der Waals surface area contributed by atoms with Crippen molar-refractivity contribution < 1.29 is 9.53 Å². The predicted molar refractivity (Wildman–Crippen MR) is 91.6 cm³/mol. The molecule has 1 aromatic rings. The van der Waals surface area contributed by atoms with E-state index in [2.05, 4.69) is 17.0 Å². The monoisotopic (exact) mass is 336 g/mol. The maximum absolute atomic E-state index is 12.5. The van der Waals surface area contributed by atoms with Gasteiger partial charge in [-0.05, 0) is 50.0 Å². The van der Waals surface area contributed by atoms with Crippen LogP contribution in [0, 0.1) is 12.8 Å². The highest BCUT2D eigenvalue weighted by Gasteiger charge is 2.29. The van der Waals surface area contributed by atoms with Crippen LogP contribution < -0.4 is 0 Å². The van der Waals surface area contributed by atoms with E-state index in [0.29, 0.717) is 19.1 Å². The van der Waals surface area contributed by atoms with E-state index in [9.17, 15) is 4.79 Å². The Hall–Kier alpha value is -1.10. The Bertz CT molecular complexity index is 550. The molecule has 0 radical (unpaired) electrons. The molecule has 2 heterocycles. The fraction of sp³-hybridized carbons (Fsp3) is 0.611. The first-order valence-electron chi connectivity index (χ1n) is 8.47. The number of ether oxygens (including phenoxy) is 1. The number of aryl methyl sites for hydroxylation is 1. The maximum atomic E-state index is 12.5. The Morgan fingerprint density at radius 2 is 1.91 bits per heavy atom. The van der Waals surface area contributed by atoms with Crippen molar-refractivity contribution in [2.24, 2.45) is 5.92 Å². The fourth-order valence-corrected chi connectivity index (χ4v) is 3.56. The lowest BCUT2D eigenvalue weighted by Gasteiger charge is -2.35. The van der Waals surface area contributed by atoms with Crippen LogP contribution >= 0.6 is 11.6 Å². The number of hydrogen-bond donors (Lipinski definition) is 0. The molecule has 0 aromatic heterocycles. The molecule has 2 fully saturated rings. The molecule has 0 spiro atoms. The van der Waals surface area contributed by atoms with Crippen molar-refractivity contribution >= 4 is 17.5 Å². The minimum absolute atomic E-state index is 0.191. The largest absolute Gasteiger partial charge is 0.378 e. The van der Waals surface area contributed by atoms with Crippen LogP contribution in [0.1, 0.15) is 24.0 Å². The third-order valence-corrected chi connectivity index (χ3v) is 5.31. The lowest BCUT2D eigenvalue weighted by molar-refractivity contribution is -0.141. The minimum atomic E-state index is 0.191. The third kappa shape index (κ3) is 4.25. The highest BCUT2D eigenvalue weighted by molar-refractivity contribution is 6.31. The van der Waals surface area contributed by atoms with Gasteiger partial charge < -0.3 is 9.64 Å². The SMILES string of the molecule is Cc1cc(CN2CCC(C(=O)N3CCOCC3)CC2)ccc1Cl. The average Bonchev–Trinajstić information content (AvgIpc) is 2.59. The van der Waals surface area contributed by atoms with Crippen molar-refractivity contribution in [1.82, 2.24) is 9.80 Å². The lowest BCUT2D eigenvalue weighted by Crippen LogP contribution is -2.46. The number of carbonyl (C=O) groups excluding carboxylic acids is 1. The summed E-state index contributed by atoms with van der Waals surface area (Å²) in [5.41, 5.74) is 2.42. The quantitative estimate of drug-likeness (QED) is 0.851. The third-order valence-electron chi connectivity index (χ3n) is 4.89. The van der Waals surface area contributed by atoms with Crippen molar-refractivity contribution in [3.63, 3.8) is 0 Å². The molecule has 3 rings (SSSR count). The van der Waals surface area contributed by atoms with Crippen LogP contribution in [0.5, 0.6) is 0 Å². The molecule has 0 N–H and O–H groups in total. The highest BCUT2D eigenvalue weighted by atomic mass is 35.5. The minimum Gasteiger partial charge on any atom is -0.378 e. The van der Waals surface area contributed by atoms with Crippen LogP contribution in [-0.4, -0.2) is 55.1 Å². The molecule has 23 heavy (non-hydrogen) atoms. The molecule has 2 aliphatic heterocycles. The van der Waals surface area contributed by atoms with E-state index in [-0.39, 0.29) is 5.92 Å². The molecule has 2 saturated heterocycles. The van der Waals surface area contributed by atoms with Gasteiger partial charge in [0.15, 0.2) is 0 Å². The number of amides is 1. The predicted octanol–water partition coefficient (Wildman–Crippen LogP) is 2.72. The number of hydrogen-bond acceptors (Lipinski definition) is 3. The Labute approximate surface area is 143 Å². The first-order chi connectivity index (χ1) is 11.1. The summed E-state index contributed by atoms with van der Waals surface area (Å²) in [4.78, 5) is 17.0. The second kappa shape index (κ2) is 7.65. The van der Waals surface area contributed by atoms with Gasteiger partial charge in [0.25, 0.3) is 0 Å². The molecule has 0 saturated carbocycles. The number of piperidine rings is 1. The van der Waals surface area contributed by atoms with E-state index >= 15 is 0 Å². The smallest absolute Gasteiger partial charge is 0.225 e. The van der Waals surface area contributed by atoms with Crippen molar-refractivity contribution in [3.05, 3.63) is 34.3 Å². The van der Waals surface area contributed by atoms with Crippen molar-refractivity contribution in [3.8, 4) is 0 Å². The topological polar surface area (TPSA) is 32.8 Å². The molecule has 0 atom stereocenters. The van der Waals surface area contributed by atoms with Crippen LogP contribution in [-0.2, 0) is 16.1 Å². The zero-order valence-corrected chi connectivity index (χ0v) is 14.5. The molecule has 1 aromatic carbocycles. The lowest BCUT2D eigenvalue weighted by atomic mass is 9.94. The zero-order chi connectivity index (χ0) is 16.2. The van der Waals surface area contributed by atoms with Crippen LogP contribution in [0.3, 0.4) is 0 Å². The van der Waals surface area contributed by atoms with Gasteiger partial charge in [0.05, 0.1) is 13.2 Å². The molecular weight excluding hydrogens is 312 g/mol. The van der Waals surface area contributed by atoms with Gasteiger partial charge in [-0.3, -0.25) is 9.69 Å². The molecule has 2 aliphatic rings. The highest BCUT2D eigenvalue weighted by Crippen LogP contribution is 2.23. The molecule has 5 heteroatoms. The Kier molecular flexibility index (Phi) is 5.57. The van der Waals surface area contributed by atoms with Gasteiger partial charge in [-0.25, -0.2) is 0 Å². The van der Waals surface area contributed by atoms with Gasteiger partial charge in [0, 0.05) is 30.6 Å². The van der Waals surface area contributed by atoms with Crippen molar-refractivity contribution in [2.75, 3.05) is 39.4 Å². The van der Waals surface area contributed by atoms with Gasteiger partial charge in [0.2, 0.25) is 5.91 Å². The maximum Gasteiger partial charge on any atom is 0.225 e. The Morgan fingerprint density at radius 1 is 1.22 bits per heavy atom. The van der Waals surface area contributed by atoms with Crippen LogP contribution in [0.25, 0.3) is 0 Å². The fourth-order valence-electron chi connectivity index (χ4n) is 3.44. The average molecular weight is 337 g/mol. The molecule has 0 unspecified atom stereocenters. The summed E-state index contributed by atoms with van der Waals surface area (Å²) in [6.45, 7) is 7.83. The van der Waals surface area contributed by atoms with Crippen molar-refractivity contribution in [2.45, 2.75) is 26.3 Å². The number of rotatable bonds is 3. The van der Waals surface area contributed by atoms with E-state index in [1.807, 2.05) is 17.9 Å². The van der Waals surface area contributed by atoms with Gasteiger partial charge in [-0.1, -0.05) is 23.7 Å². The van der Waals surface area contributed by atoms with Gasteiger partial charge in [-0.15, -0.1) is 0 Å². The van der Waals surface area contributed by atoms with Gasteiger partial charge in [-0.2, -0.15) is 0 Å². The zero-order valence-electron chi connectivity index (χ0n) is 13.8. The first-order valence-corrected chi connectivity index (χ1v) is 8.85. The number of nitrogens with zero attached hydrogens (tertiary/aromatic N) is 2. The Morgan fingerprint density at radius 3 is 2.57 bits per heavy atom. The molecule has 0 aliphatic carbocycles.